The highest BCUT2D eigenvalue weighted by Gasteiger charge is 2.21. The van der Waals surface area contributed by atoms with Gasteiger partial charge in [0.2, 0.25) is 0 Å². The SMILES string of the molecule is COc1cc(NC(=O)c2ccc(Cl)c(S(=O)(=O)Nc3ccc(C)cc3)c2)c(OC)cc1Cl. The first-order valence-corrected chi connectivity index (χ1v) is 11.5. The van der Waals surface area contributed by atoms with Crippen molar-refractivity contribution in [1.82, 2.24) is 0 Å². The fourth-order valence-electron chi connectivity index (χ4n) is 2.83. The largest absolute Gasteiger partial charge is 0.495 e. The summed E-state index contributed by atoms with van der Waals surface area (Å²) in [6.07, 6.45) is 0. The van der Waals surface area contributed by atoms with E-state index >= 15 is 0 Å². The number of methoxy groups -OCH3 is 2. The van der Waals surface area contributed by atoms with Gasteiger partial charge in [0.1, 0.15) is 16.4 Å². The Hall–Kier alpha value is -2.94. The predicted octanol–water partition coefficient (Wildman–Crippen LogP) is 5.37. The molecule has 168 valence electrons. The molecule has 32 heavy (non-hydrogen) atoms. The van der Waals surface area contributed by atoms with Gasteiger partial charge in [-0.2, -0.15) is 0 Å². The van der Waals surface area contributed by atoms with Crippen LogP contribution in [0.4, 0.5) is 11.4 Å². The summed E-state index contributed by atoms with van der Waals surface area (Å²) in [4.78, 5) is 12.6. The summed E-state index contributed by atoms with van der Waals surface area (Å²) in [5.74, 6) is 0.0764. The summed E-state index contributed by atoms with van der Waals surface area (Å²) in [5, 5.41) is 2.96. The lowest BCUT2D eigenvalue weighted by molar-refractivity contribution is 0.102. The lowest BCUT2D eigenvalue weighted by Crippen LogP contribution is -2.17. The van der Waals surface area contributed by atoms with Gasteiger partial charge in [0, 0.05) is 23.4 Å². The molecule has 0 unspecified atom stereocenters. The van der Waals surface area contributed by atoms with Gasteiger partial charge in [-0.25, -0.2) is 8.42 Å². The van der Waals surface area contributed by atoms with Crippen LogP contribution in [0.25, 0.3) is 0 Å². The molecule has 0 fully saturated rings. The number of carbonyl (C=O) groups is 1. The summed E-state index contributed by atoms with van der Waals surface area (Å²) in [6, 6.07) is 13.8. The molecule has 0 saturated carbocycles. The lowest BCUT2D eigenvalue weighted by atomic mass is 10.2. The Balaban J connectivity index is 1.91. The third kappa shape index (κ3) is 5.27. The first-order valence-electron chi connectivity index (χ1n) is 9.26. The van der Waals surface area contributed by atoms with Crippen molar-refractivity contribution >= 4 is 50.5 Å². The van der Waals surface area contributed by atoms with Crippen molar-refractivity contribution in [2.45, 2.75) is 11.8 Å². The minimum absolute atomic E-state index is 0.0214. The van der Waals surface area contributed by atoms with Gasteiger partial charge in [0.25, 0.3) is 15.9 Å². The number of carbonyl (C=O) groups excluding carboxylic acids is 1. The van der Waals surface area contributed by atoms with Gasteiger partial charge in [0.15, 0.2) is 0 Å². The van der Waals surface area contributed by atoms with Crippen LogP contribution in [-0.2, 0) is 10.0 Å². The summed E-state index contributed by atoms with van der Waals surface area (Å²) < 4.78 is 38.7. The van der Waals surface area contributed by atoms with Crippen molar-refractivity contribution in [2.24, 2.45) is 0 Å². The topological polar surface area (TPSA) is 93.7 Å². The molecular weight excluding hydrogens is 475 g/mol. The van der Waals surface area contributed by atoms with E-state index in [0.29, 0.717) is 27.9 Å². The standard InChI is InChI=1S/C22H20Cl2N2O5S/c1-13-4-7-15(8-5-13)26-32(28,29)21-10-14(6-9-16(21)23)22(27)25-18-12-19(30-2)17(24)11-20(18)31-3/h4-12,26H,1-3H3,(H,25,27). The zero-order valence-corrected chi connectivity index (χ0v) is 19.7. The summed E-state index contributed by atoms with van der Waals surface area (Å²) in [7, 11) is -1.17. The van der Waals surface area contributed by atoms with Crippen molar-refractivity contribution in [3.8, 4) is 11.5 Å². The van der Waals surface area contributed by atoms with Crippen molar-refractivity contribution in [2.75, 3.05) is 24.3 Å². The number of hydrogen-bond donors (Lipinski definition) is 2. The molecule has 0 atom stereocenters. The molecule has 0 bridgehead atoms. The maximum absolute atomic E-state index is 12.9. The highest BCUT2D eigenvalue weighted by molar-refractivity contribution is 7.92. The van der Waals surface area contributed by atoms with E-state index in [1.807, 2.05) is 6.92 Å². The number of nitrogens with one attached hydrogen (secondary N) is 2. The maximum atomic E-state index is 12.9. The number of aryl methyl sites for hydroxylation is 1. The van der Waals surface area contributed by atoms with E-state index in [1.165, 1.54) is 44.6 Å². The van der Waals surface area contributed by atoms with Crippen LogP contribution in [0.1, 0.15) is 15.9 Å². The average molecular weight is 495 g/mol. The highest BCUT2D eigenvalue weighted by atomic mass is 35.5. The zero-order valence-electron chi connectivity index (χ0n) is 17.4. The predicted molar refractivity (Wildman–Crippen MR) is 126 cm³/mol. The normalized spacial score (nSPS) is 11.0. The number of benzene rings is 3. The zero-order chi connectivity index (χ0) is 23.5. The highest BCUT2D eigenvalue weighted by Crippen LogP contribution is 2.36. The second kappa shape index (κ2) is 9.68. The summed E-state index contributed by atoms with van der Waals surface area (Å²) in [6.45, 7) is 1.89. The van der Waals surface area contributed by atoms with Crippen molar-refractivity contribution in [1.29, 1.82) is 0 Å². The van der Waals surface area contributed by atoms with Gasteiger partial charge < -0.3 is 14.8 Å². The van der Waals surface area contributed by atoms with Crippen LogP contribution in [-0.4, -0.2) is 28.5 Å². The monoisotopic (exact) mass is 494 g/mol. The van der Waals surface area contributed by atoms with E-state index in [2.05, 4.69) is 10.0 Å². The van der Waals surface area contributed by atoms with Crippen LogP contribution >= 0.6 is 23.2 Å². The Bertz CT molecular complexity index is 1260. The van der Waals surface area contributed by atoms with E-state index in [4.69, 9.17) is 32.7 Å². The number of amides is 1. The first-order chi connectivity index (χ1) is 15.1. The average Bonchev–Trinajstić information content (AvgIpc) is 2.76. The minimum atomic E-state index is -4.04. The van der Waals surface area contributed by atoms with Crippen molar-refractivity contribution in [3.05, 3.63) is 75.8 Å². The van der Waals surface area contributed by atoms with Crippen molar-refractivity contribution in [3.63, 3.8) is 0 Å². The summed E-state index contributed by atoms with van der Waals surface area (Å²) >= 11 is 12.2. The molecule has 3 aromatic rings. The molecule has 0 aliphatic heterocycles. The Morgan fingerprint density at radius 3 is 2.16 bits per heavy atom. The maximum Gasteiger partial charge on any atom is 0.263 e. The Labute approximate surface area is 196 Å². The molecule has 10 heteroatoms. The molecule has 3 aromatic carbocycles. The van der Waals surface area contributed by atoms with E-state index in [1.54, 1.807) is 24.3 Å². The number of halogens is 2. The fraction of sp³-hybridized carbons (Fsp3) is 0.136. The van der Waals surface area contributed by atoms with Gasteiger partial charge in [0.05, 0.1) is 30.0 Å². The van der Waals surface area contributed by atoms with Crippen LogP contribution in [0.3, 0.4) is 0 Å². The van der Waals surface area contributed by atoms with Crippen LogP contribution in [0, 0.1) is 6.92 Å². The van der Waals surface area contributed by atoms with Gasteiger partial charge in [-0.15, -0.1) is 0 Å². The number of rotatable bonds is 7. The second-order valence-corrected chi connectivity index (χ2v) is 9.22. The van der Waals surface area contributed by atoms with Gasteiger partial charge in [-0.05, 0) is 37.3 Å². The van der Waals surface area contributed by atoms with Crippen LogP contribution < -0.4 is 19.5 Å². The molecule has 0 aromatic heterocycles. The molecule has 2 N–H and O–H groups in total. The minimum Gasteiger partial charge on any atom is -0.495 e. The molecule has 7 nitrogen and oxygen atoms in total. The number of anilines is 2. The number of ether oxygens (including phenoxy) is 2. The molecule has 0 aliphatic carbocycles. The lowest BCUT2D eigenvalue weighted by Gasteiger charge is -2.14. The van der Waals surface area contributed by atoms with E-state index in [0.717, 1.165) is 5.56 Å². The Kier molecular flexibility index (Phi) is 7.18. The van der Waals surface area contributed by atoms with E-state index < -0.39 is 15.9 Å². The molecule has 0 aliphatic rings. The van der Waals surface area contributed by atoms with Gasteiger partial charge >= 0.3 is 0 Å². The first kappa shape index (κ1) is 23.7. The molecule has 0 spiro atoms. The van der Waals surface area contributed by atoms with Crippen LogP contribution in [0.15, 0.2) is 59.5 Å². The Morgan fingerprint density at radius 2 is 1.53 bits per heavy atom. The van der Waals surface area contributed by atoms with E-state index in [9.17, 15) is 13.2 Å². The van der Waals surface area contributed by atoms with Gasteiger partial charge in [-0.3, -0.25) is 9.52 Å². The summed E-state index contributed by atoms with van der Waals surface area (Å²) in [5.41, 5.74) is 1.74. The quantitative estimate of drug-likeness (QED) is 0.460. The van der Waals surface area contributed by atoms with E-state index in [-0.39, 0.29) is 15.5 Å². The molecular formula is C22H20Cl2N2O5S. The molecule has 0 saturated heterocycles. The third-order valence-corrected chi connectivity index (χ3v) is 6.67. The van der Waals surface area contributed by atoms with Gasteiger partial charge in [-0.1, -0.05) is 40.9 Å². The number of sulfonamides is 1. The van der Waals surface area contributed by atoms with Crippen LogP contribution in [0.2, 0.25) is 10.0 Å². The second-order valence-electron chi connectivity index (χ2n) is 6.76. The molecule has 0 radical (unpaired) electrons. The molecule has 1 amide bonds. The third-order valence-electron chi connectivity index (χ3n) is 4.51. The fourth-order valence-corrected chi connectivity index (χ4v) is 4.65. The molecule has 0 heterocycles. The smallest absolute Gasteiger partial charge is 0.263 e. The number of hydrogen-bond acceptors (Lipinski definition) is 5. The Morgan fingerprint density at radius 1 is 0.875 bits per heavy atom. The van der Waals surface area contributed by atoms with Crippen molar-refractivity contribution < 1.29 is 22.7 Å². The molecule has 3 rings (SSSR count). The van der Waals surface area contributed by atoms with Crippen LogP contribution in [0.5, 0.6) is 11.5 Å².